The summed E-state index contributed by atoms with van der Waals surface area (Å²) in [6.07, 6.45) is 4.50. The maximum atomic E-state index is 12.0. The van der Waals surface area contributed by atoms with Crippen LogP contribution >= 0.6 is 11.6 Å². The number of nitrogens with zero attached hydrogens (tertiary/aromatic N) is 1. The Balaban J connectivity index is 1.66. The van der Waals surface area contributed by atoms with E-state index in [2.05, 4.69) is 35.5 Å². The SMILES string of the molecule is CN1CCc2ccc(C=CC(=O)Nc3ccc(Cl)cc3)cc2C1. The van der Waals surface area contributed by atoms with Gasteiger partial charge in [0.25, 0.3) is 0 Å². The Bertz CT molecular complexity index is 738. The van der Waals surface area contributed by atoms with Crippen molar-refractivity contribution in [2.75, 3.05) is 18.9 Å². The van der Waals surface area contributed by atoms with E-state index in [1.807, 2.05) is 6.08 Å². The molecule has 1 N–H and O–H groups in total. The third-order valence-corrected chi connectivity index (χ3v) is 4.22. The van der Waals surface area contributed by atoms with Gasteiger partial charge >= 0.3 is 0 Å². The highest BCUT2D eigenvalue weighted by Gasteiger charge is 2.12. The van der Waals surface area contributed by atoms with Crippen LogP contribution in [-0.4, -0.2) is 24.4 Å². The number of rotatable bonds is 3. The van der Waals surface area contributed by atoms with E-state index in [1.54, 1.807) is 30.3 Å². The zero-order valence-electron chi connectivity index (χ0n) is 13.1. The third-order valence-electron chi connectivity index (χ3n) is 3.97. The maximum Gasteiger partial charge on any atom is 0.248 e. The Morgan fingerprint density at radius 3 is 2.74 bits per heavy atom. The fourth-order valence-corrected chi connectivity index (χ4v) is 2.84. The molecule has 0 aliphatic carbocycles. The van der Waals surface area contributed by atoms with Gasteiger partial charge in [0.15, 0.2) is 0 Å². The summed E-state index contributed by atoms with van der Waals surface area (Å²) < 4.78 is 0. The second-order valence-electron chi connectivity index (χ2n) is 5.85. The molecule has 118 valence electrons. The van der Waals surface area contributed by atoms with Gasteiger partial charge in [0.1, 0.15) is 0 Å². The molecular weight excluding hydrogens is 308 g/mol. The first-order valence-electron chi connectivity index (χ1n) is 7.65. The number of likely N-dealkylation sites (N-methyl/N-ethyl adjacent to an activating group) is 1. The highest BCUT2D eigenvalue weighted by atomic mass is 35.5. The van der Waals surface area contributed by atoms with Crippen LogP contribution in [0.3, 0.4) is 0 Å². The molecular formula is C19H19ClN2O. The van der Waals surface area contributed by atoms with Crippen LogP contribution in [0.4, 0.5) is 5.69 Å². The maximum absolute atomic E-state index is 12.0. The number of amides is 1. The van der Waals surface area contributed by atoms with Crippen molar-refractivity contribution in [3.63, 3.8) is 0 Å². The van der Waals surface area contributed by atoms with E-state index in [1.165, 1.54) is 11.1 Å². The van der Waals surface area contributed by atoms with Crippen LogP contribution in [0.1, 0.15) is 16.7 Å². The quantitative estimate of drug-likeness (QED) is 0.865. The molecule has 1 aliphatic rings. The van der Waals surface area contributed by atoms with Crippen molar-refractivity contribution in [3.05, 3.63) is 70.3 Å². The highest BCUT2D eigenvalue weighted by Crippen LogP contribution is 2.20. The third kappa shape index (κ3) is 4.21. The molecule has 3 rings (SSSR count). The zero-order valence-corrected chi connectivity index (χ0v) is 13.8. The van der Waals surface area contributed by atoms with Crippen molar-refractivity contribution in [1.29, 1.82) is 0 Å². The van der Waals surface area contributed by atoms with Crippen LogP contribution in [0.5, 0.6) is 0 Å². The molecule has 0 radical (unpaired) electrons. The molecule has 23 heavy (non-hydrogen) atoms. The van der Waals surface area contributed by atoms with Crippen molar-refractivity contribution >= 4 is 29.3 Å². The molecule has 0 saturated heterocycles. The molecule has 1 amide bonds. The van der Waals surface area contributed by atoms with Crippen molar-refractivity contribution < 1.29 is 4.79 Å². The zero-order chi connectivity index (χ0) is 16.2. The van der Waals surface area contributed by atoms with Crippen LogP contribution < -0.4 is 5.32 Å². The first-order valence-corrected chi connectivity index (χ1v) is 8.03. The predicted molar refractivity (Wildman–Crippen MR) is 95.6 cm³/mol. The van der Waals surface area contributed by atoms with Gasteiger partial charge in [-0.2, -0.15) is 0 Å². The molecule has 0 atom stereocenters. The molecule has 0 unspecified atom stereocenters. The van der Waals surface area contributed by atoms with E-state index < -0.39 is 0 Å². The van der Waals surface area contributed by atoms with Crippen LogP contribution in [0.25, 0.3) is 6.08 Å². The molecule has 3 nitrogen and oxygen atoms in total. The van der Waals surface area contributed by atoms with Crippen molar-refractivity contribution in [2.45, 2.75) is 13.0 Å². The molecule has 1 heterocycles. The Morgan fingerprint density at radius 2 is 1.96 bits per heavy atom. The molecule has 4 heteroatoms. The summed E-state index contributed by atoms with van der Waals surface area (Å²) >= 11 is 5.83. The Kier molecular flexibility index (Phi) is 4.79. The summed E-state index contributed by atoms with van der Waals surface area (Å²) in [6.45, 7) is 2.07. The van der Waals surface area contributed by atoms with E-state index in [9.17, 15) is 4.79 Å². The van der Waals surface area contributed by atoms with Gasteiger partial charge in [0.05, 0.1) is 0 Å². The monoisotopic (exact) mass is 326 g/mol. The normalized spacial score (nSPS) is 14.7. The first kappa shape index (κ1) is 15.8. The van der Waals surface area contributed by atoms with Crippen LogP contribution in [0, 0.1) is 0 Å². The fraction of sp³-hybridized carbons (Fsp3) is 0.211. The molecule has 0 aromatic heterocycles. The summed E-state index contributed by atoms with van der Waals surface area (Å²) in [5.74, 6) is -0.151. The number of hydrogen-bond donors (Lipinski definition) is 1. The fourth-order valence-electron chi connectivity index (χ4n) is 2.71. The van der Waals surface area contributed by atoms with Gasteiger partial charge in [-0.15, -0.1) is 0 Å². The lowest BCUT2D eigenvalue weighted by Gasteiger charge is -2.25. The van der Waals surface area contributed by atoms with E-state index in [-0.39, 0.29) is 5.91 Å². The molecule has 2 aromatic rings. The lowest BCUT2D eigenvalue weighted by Crippen LogP contribution is -2.26. The van der Waals surface area contributed by atoms with Gasteiger partial charge in [0, 0.05) is 29.9 Å². The van der Waals surface area contributed by atoms with Gasteiger partial charge in [-0.3, -0.25) is 4.79 Å². The molecule has 2 aromatic carbocycles. The number of nitrogens with one attached hydrogen (secondary N) is 1. The van der Waals surface area contributed by atoms with Gasteiger partial charge in [-0.1, -0.05) is 29.8 Å². The molecule has 0 saturated carbocycles. The highest BCUT2D eigenvalue weighted by molar-refractivity contribution is 6.30. The standard InChI is InChI=1S/C19H19ClN2O/c1-22-11-10-15-4-2-14(12-16(15)13-22)3-9-19(23)21-18-7-5-17(20)6-8-18/h2-9,12H,10-11,13H2,1H3,(H,21,23). The average molecular weight is 327 g/mol. The van der Waals surface area contributed by atoms with Gasteiger partial charge in [-0.05, 0) is 60.5 Å². The minimum Gasteiger partial charge on any atom is -0.323 e. The molecule has 0 spiro atoms. The first-order chi connectivity index (χ1) is 11.1. The van der Waals surface area contributed by atoms with Crippen LogP contribution in [-0.2, 0) is 17.8 Å². The van der Waals surface area contributed by atoms with Gasteiger partial charge in [0.2, 0.25) is 5.91 Å². The van der Waals surface area contributed by atoms with E-state index in [0.29, 0.717) is 5.02 Å². The summed E-state index contributed by atoms with van der Waals surface area (Å²) in [5.41, 5.74) is 4.53. The van der Waals surface area contributed by atoms with E-state index >= 15 is 0 Å². The largest absolute Gasteiger partial charge is 0.323 e. The number of carbonyl (C=O) groups is 1. The predicted octanol–water partition coefficient (Wildman–Crippen LogP) is 3.98. The van der Waals surface area contributed by atoms with E-state index in [4.69, 9.17) is 11.6 Å². The molecule has 1 aliphatic heterocycles. The number of halogens is 1. The summed E-state index contributed by atoms with van der Waals surface area (Å²) in [4.78, 5) is 14.3. The molecule has 0 bridgehead atoms. The van der Waals surface area contributed by atoms with Crippen molar-refractivity contribution in [3.8, 4) is 0 Å². The van der Waals surface area contributed by atoms with Gasteiger partial charge in [-0.25, -0.2) is 0 Å². The number of fused-ring (bicyclic) bond motifs is 1. The number of anilines is 1. The lowest BCUT2D eigenvalue weighted by molar-refractivity contribution is -0.111. The number of carbonyl (C=O) groups excluding carboxylic acids is 1. The average Bonchev–Trinajstić information content (AvgIpc) is 2.54. The van der Waals surface area contributed by atoms with Crippen LogP contribution in [0.2, 0.25) is 5.02 Å². The second-order valence-corrected chi connectivity index (χ2v) is 6.28. The smallest absolute Gasteiger partial charge is 0.248 e. The van der Waals surface area contributed by atoms with Crippen molar-refractivity contribution in [2.24, 2.45) is 0 Å². The summed E-state index contributed by atoms with van der Waals surface area (Å²) in [6, 6.07) is 13.5. The molecule has 0 fully saturated rings. The topological polar surface area (TPSA) is 32.3 Å². The van der Waals surface area contributed by atoms with E-state index in [0.717, 1.165) is 30.8 Å². The van der Waals surface area contributed by atoms with Gasteiger partial charge < -0.3 is 10.2 Å². The summed E-state index contributed by atoms with van der Waals surface area (Å²) in [7, 11) is 2.13. The lowest BCUT2D eigenvalue weighted by atomic mass is 9.97. The second kappa shape index (κ2) is 6.99. The number of benzene rings is 2. The van der Waals surface area contributed by atoms with Crippen molar-refractivity contribution in [1.82, 2.24) is 4.90 Å². The Morgan fingerprint density at radius 1 is 1.17 bits per heavy atom. The Labute approximate surface area is 141 Å². The minimum absolute atomic E-state index is 0.151. The number of hydrogen-bond acceptors (Lipinski definition) is 2. The van der Waals surface area contributed by atoms with Crippen LogP contribution in [0.15, 0.2) is 48.5 Å². The Hall–Kier alpha value is -2.10. The minimum atomic E-state index is -0.151. The summed E-state index contributed by atoms with van der Waals surface area (Å²) in [5, 5.41) is 3.47.